The molecule has 1 saturated heterocycles. The number of ether oxygens (including phenoxy) is 1. The number of aromatic amines is 1. The van der Waals surface area contributed by atoms with Crippen LogP contribution in [0.4, 0.5) is 0 Å². The van der Waals surface area contributed by atoms with E-state index in [2.05, 4.69) is 32.2 Å². The third kappa shape index (κ3) is 2.58. The Morgan fingerprint density at radius 3 is 3.00 bits per heavy atom. The maximum absolute atomic E-state index is 5.56. The first-order chi connectivity index (χ1) is 9.28. The second kappa shape index (κ2) is 5.43. The number of aromatic nitrogens is 3. The van der Waals surface area contributed by atoms with Crippen LogP contribution in [-0.2, 0) is 4.74 Å². The molecule has 1 aromatic heterocycles. The van der Waals surface area contributed by atoms with Gasteiger partial charge in [-0.25, -0.2) is 4.98 Å². The van der Waals surface area contributed by atoms with Crippen molar-refractivity contribution in [3.8, 4) is 0 Å². The predicted octanol–water partition coefficient (Wildman–Crippen LogP) is 1.98. The molecule has 3 atom stereocenters. The van der Waals surface area contributed by atoms with Gasteiger partial charge >= 0.3 is 0 Å². The van der Waals surface area contributed by atoms with Gasteiger partial charge in [0.15, 0.2) is 5.82 Å². The van der Waals surface area contributed by atoms with E-state index in [4.69, 9.17) is 4.74 Å². The monoisotopic (exact) mass is 262 g/mol. The summed E-state index contributed by atoms with van der Waals surface area (Å²) in [5.74, 6) is 1.80. The van der Waals surface area contributed by atoms with E-state index >= 15 is 0 Å². The molecule has 0 aromatic carbocycles. The highest BCUT2D eigenvalue weighted by atomic mass is 16.5. The molecule has 0 amide bonds. The maximum Gasteiger partial charge on any atom is 0.167 e. The summed E-state index contributed by atoms with van der Waals surface area (Å²) in [6.07, 6.45) is 9.63. The van der Waals surface area contributed by atoms with Gasteiger partial charge in [0, 0.05) is 19.7 Å². The fraction of sp³-hybridized carbons (Fsp3) is 0.714. The number of H-pyrrole nitrogens is 1. The largest absolute Gasteiger partial charge is 0.380 e. The van der Waals surface area contributed by atoms with Crippen LogP contribution in [0.1, 0.15) is 43.4 Å². The molecule has 5 heteroatoms. The number of nitrogens with zero attached hydrogens (tertiary/aromatic N) is 3. The molecular weight excluding hydrogens is 240 g/mol. The van der Waals surface area contributed by atoms with E-state index in [1.165, 1.54) is 19.3 Å². The minimum Gasteiger partial charge on any atom is -0.380 e. The van der Waals surface area contributed by atoms with Gasteiger partial charge in [0.2, 0.25) is 0 Å². The Hall–Kier alpha value is -1.20. The van der Waals surface area contributed by atoms with Crippen molar-refractivity contribution in [3.05, 3.63) is 23.8 Å². The average Bonchev–Trinajstić information content (AvgIpc) is 3.05. The first-order valence-electron chi connectivity index (χ1n) is 7.12. The summed E-state index contributed by atoms with van der Waals surface area (Å²) in [6, 6.07) is 0.792. The normalized spacial score (nSPS) is 32.0. The molecule has 1 unspecified atom stereocenters. The number of hydrogen-bond donors (Lipinski definition) is 1. The van der Waals surface area contributed by atoms with Crippen LogP contribution < -0.4 is 0 Å². The zero-order valence-electron chi connectivity index (χ0n) is 11.7. The molecule has 2 aliphatic rings. The second-order valence-corrected chi connectivity index (χ2v) is 5.51. The molecule has 1 aromatic rings. The Labute approximate surface area is 114 Å². The van der Waals surface area contributed by atoms with Gasteiger partial charge in [0.1, 0.15) is 5.82 Å². The number of likely N-dealkylation sites (tertiary alicyclic amines) is 1. The molecule has 0 spiro atoms. The van der Waals surface area contributed by atoms with Crippen molar-refractivity contribution in [2.24, 2.45) is 0 Å². The molecule has 0 radical (unpaired) electrons. The molecule has 1 N–H and O–H groups in total. The van der Waals surface area contributed by atoms with E-state index in [-0.39, 0.29) is 6.04 Å². The third-order valence-electron chi connectivity index (χ3n) is 4.20. The number of nitrogens with one attached hydrogen (secondary N) is 1. The smallest absolute Gasteiger partial charge is 0.167 e. The summed E-state index contributed by atoms with van der Waals surface area (Å²) in [6.45, 7) is 2.92. The van der Waals surface area contributed by atoms with Gasteiger partial charge in [-0.15, -0.1) is 0 Å². The molecule has 0 bridgehead atoms. The van der Waals surface area contributed by atoms with Crippen molar-refractivity contribution >= 4 is 0 Å². The van der Waals surface area contributed by atoms with Crippen molar-refractivity contribution < 1.29 is 4.74 Å². The van der Waals surface area contributed by atoms with Gasteiger partial charge in [-0.1, -0.05) is 12.2 Å². The van der Waals surface area contributed by atoms with Crippen LogP contribution in [0, 0.1) is 6.92 Å². The number of allylic oxidation sites excluding steroid dienone is 1. The molecule has 19 heavy (non-hydrogen) atoms. The van der Waals surface area contributed by atoms with Crippen LogP contribution in [0.25, 0.3) is 0 Å². The first kappa shape index (κ1) is 12.8. The van der Waals surface area contributed by atoms with Gasteiger partial charge < -0.3 is 4.74 Å². The zero-order chi connectivity index (χ0) is 13.2. The lowest BCUT2D eigenvalue weighted by molar-refractivity contribution is 0.102. The van der Waals surface area contributed by atoms with Gasteiger partial charge in [0.05, 0.1) is 12.1 Å². The molecule has 0 saturated carbocycles. The van der Waals surface area contributed by atoms with Gasteiger partial charge in [0.25, 0.3) is 0 Å². The Morgan fingerprint density at radius 2 is 2.37 bits per heavy atom. The number of hydrogen-bond acceptors (Lipinski definition) is 4. The Morgan fingerprint density at radius 1 is 1.47 bits per heavy atom. The highest BCUT2D eigenvalue weighted by Gasteiger charge is 2.38. The van der Waals surface area contributed by atoms with Crippen LogP contribution in [0.2, 0.25) is 0 Å². The predicted molar refractivity (Wildman–Crippen MR) is 72.8 cm³/mol. The van der Waals surface area contributed by atoms with E-state index in [1.807, 2.05) is 6.92 Å². The number of aryl methyl sites for hydroxylation is 1. The summed E-state index contributed by atoms with van der Waals surface area (Å²) < 4.78 is 5.56. The molecule has 2 heterocycles. The van der Waals surface area contributed by atoms with Crippen molar-refractivity contribution in [2.75, 3.05) is 13.7 Å². The standard InChI is InChI=1S/C14H22N4O/c1-10-15-14(17-16-10)13-8-12(19-2)9-18(13)11-6-4-3-5-7-11/h4,6,11-13H,3,5,7-9H2,1-2H3,(H,15,16,17)/t11?,12-,13+/m1/s1. The fourth-order valence-corrected chi connectivity index (χ4v) is 3.19. The molecule has 1 aliphatic carbocycles. The molecule has 1 fully saturated rings. The van der Waals surface area contributed by atoms with Crippen molar-refractivity contribution in [2.45, 2.75) is 50.8 Å². The maximum atomic E-state index is 5.56. The first-order valence-corrected chi connectivity index (χ1v) is 7.12. The highest BCUT2D eigenvalue weighted by Crippen LogP contribution is 2.35. The van der Waals surface area contributed by atoms with Crippen molar-refractivity contribution in [1.29, 1.82) is 0 Å². The quantitative estimate of drug-likeness (QED) is 0.846. The number of rotatable bonds is 3. The molecule has 104 valence electrons. The van der Waals surface area contributed by atoms with Crippen LogP contribution >= 0.6 is 0 Å². The lowest BCUT2D eigenvalue weighted by Crippen LogP contribution is -2.36. The van der Waals surface area contributed by atoms with Gasteiger partial charge in [-0.2, -0.15) is 5.10 Å². The molecular formula is C14H22N4O. The Bertz CT molecular complexity index is 456. The minimum atomic E-state index is 0.280. The SMILES string of the molecule is CO[C@@H]1C[C@@H](c2n[nH]c(C)n2)N(C2C=CCCC2)C1. The fourth-order valence-electron chi connectivity index (χ4n) is 3.19. The lowest BCUT2D eigenvalue weighted by atomic mass is 10.0. The van der Waals surface area contributed by atoms with Gasteiger partial charge in [-0.05, 0) is 32.6 Å². The summed E-state index contributed by atoms with van der Waals surface area (Å²) in [5.41, 5.74) is 0. The van der Waals surface area contributed by atoms with E-state index in [9.17, 15) is 0 Å². The van der Waals surface area contributed by atoms with Crippen LogP contribution in [-0.4, -0.2) is 45.9 Å². The van der Waals surface area contributed by atoms with E-state index in [0.717, 1.165) is 24.6 Å². The van der Waals surface area contributed by atoms with Crippen LogP contribution in [0.15, 0.2) is 12.2 Å². The molecule has 1 aliphatic heterocycles. The topological polar surface area (TPSA) is 54.0 Å². The Kier molecular flexibility index (Phi) is 3.66. The van der Waals surface area contributed by atoms with E-state index < -0.39 is 0 Å². The number of methoxy groups -OCH3 is 1. The highest BCUT2D eigenvalue weighted by molar-refractivity contribution is 5.08. The van der Waals surface area contributed by atoms with Crippen molar-refractivity contribution in [1.82, 2.24) is 20.1 Å². The summed E-state index contributed by atoms with van der Waals surface area (Å²) in [4.78, 5) is 7.02. The molecule has 5 nitrogen and oxygen atoms in total. The third-order valence-corrected chi connectivity index (χ3v) is 4.20. The lowest BCUT2D eigenvalue weighted by Gasteiger charge is -2.31. The molecule has 3 rings (SSSR count). The van der Waals surface area contributed by atoms with E-state index in [0.29, 0.717) is 12.1 Å². The van der Waals surface area contributed by atoms with Crippen molar-refractivity contribution in [3.63, 3.8) is 0 Å². The van der Waals surface area contributed by atoms with Crippen LogP contribution in [0.5, 0.6) is 0 Å². The average molecular weight is 262 g/mol. The summed E-state index contributed by atoms with van der Waals surface area (Å²) >= 11 is 0. The zero-order valence-corrected chi connectivity index (χ0v) is 11.7. The summed E-state index contributed by atoms with van der Waals surface area (Å²) in [5, 5.41) is 7.31. The minimum absolute atomic E-state index is 0.280. The summed E-state index contributed by atoms with van der Waals surface area (Å²) in [7, 11) is 1.80. The Balaban J connectivity index is 1.82. The van der Waals surface area contributed by atoms with Crippen LogP contribution in [0.3, 0.4) is 0 Å². The second-order valence-electron chi connectivity index (χ2n) is 5.51. The van der Waals surface area contributed by atoms with E-state index in [1.54, 1.807) is 7.11 Å². The van der Waals surface area contributed by atoms with Gasteiger partial charge in [-0.3, -0.25) is 10.00 Å².